The summed E-state index contributed by atoms with van der Waals surface area (Å²) in [6.45, 7) is 0. The van der Waals surface area contributed by atoms with E-state index in [9.17, 15) is 25.0 Å². The molecule has 0 heterocycles. The largest absolute Gasteiger partial charge is 0.289 e. The maximum absolute atomic E-state index is 12.3. The van der Waals surface area contributed by atoms with Crippen molar-refractivity contribution in [2.75, 3.05) is 0 Å². The van der Waals surface area contributed by atoms with E-state index in [2.05, 4.69) is 25.3 Å². The second-order valence-electron chi connectivity index (χ2n) is 4.25. The van der Waals surface area contributed by atoms with Crippen molar-refractivity contribution < 1.29 is 14.6 Å². The molecule has 0 N–H and O–H groups in total. The summed E-state index contributed by atoms with van der Waals surface area (Å²) in [6.07, 6.45) is 0. The molecular weight excluding hydrogens is 328 g/mol. The molecule has 7 nitrogen and oxygen atoms in total. The second-order valence-corrected chi connectivity index (χ2v) is 5.21. The van der Waals surface area contributed by atoms with Crippen molar-refractivity contribution in [2.45, 2.75) is 9.79 Å². The van der Waals surface area contributed by atoms with E-state index in [1.54, 1.807) is 0 Å². The summed E-state index contributed by atoms with van der Waals surface area (Å²) in [5.41, 5.74) is -0.527. The fraction of sp³-hybridized carbons (Fsp3) is 0. The summed E-state index contributed by atoms with van der Waals surface area (Å²) in [7, 11) is 0. The number of nitro groups is 2. The van der Waals surface area contributed by atoms with Crippen LogP contribution in [0.15, 0.2) is 46.2 Å². The molecule has 0 amide bonds. The molecule has 0 atom stereocenters. The van der Waals surface area contributed by atoms with Crippen LogP contribution in [0.25, 0.3) is 0 Å². The summed E-state index contributed by atoms with van der Waals surface area (Å²) >= 11 is 7.89. The average molecular weight is 336 g/mol. The van der Waals surface area contributed by atoms with Crippen LogP contribution >= 0.6 is 25.3 Å². The molecular formula is C13H8N2O5S2. The van der Waals surface area contributed by atoms with Crippen LogP contribution in [0.1, 0.15) is 15.9 Å². The molecule has 0 saturated carbocycles. The maximum atomic E-state index is 12.3. The molecule has 0 radical (unpaired) electrons. The van der Waals surface area contributed by atoms with Gasteiger partial charge in [0.05, 0.1) is 19.6 Å². The van der Waals surface area contributed by atoms with E-state index in [0.29, 0.717) is 0 Å². The number of thiol groups is 2. The molecule has 0 fully saturated rings. The lowest BCUT2D eigenvalue weighted by molar-refractivity contribution is -0.387. The molecule has 0 aliphatic heterocycles. The van der Waals surface area contributed by atoms with Crippen molar-refractivity contribution >= 4 is 42.4 Å². The third kappa shape index (κ3) is 3.10. The van der Waals surface area contributed by atoms with Crippen LogP contribution in [0.5, 0.6) is 0 Å². The first-order valence-corrected chi connectivity index (χ1v) is 6.70. The lowest BCUT2D eigenvalue weighted by Crippen LogP contribution is -2.04. The molecule has 2 aromatic carbocycles. The van der Waals surface area contributed by atoms with Crippen molar-refractivity contribution in [3.63, 3.8) is 0 Å². The zero-order chi connectivity index (χ0) is 16.4. The minimum absolute atomic E-state index is 0.0470. The van der Waals surface area contributed by atoms with Gasteiger partial charge in [-0.25, -0.2) is 0 Å². The number of ketones is 1. The third-order valence-electron chi connectivity index (χ3n) is 2.87. The van der Waals surface area contributed by atoms with Crippen LogP contribution < -0.4 is 0 Å². The highest BCUT2D eigenvalue weighted by atomic mass is 32.1. The Balaban J connectivity index is 2.49. The number of nitrogens with zero attached hydrogens (tertiary/aromatic N) is 2. The number of carbonyl (C=O) groups excluding carboxylic acids is 1. The Labute approximate surface area is 135 Å². The number of hydrogen-bond donors (Lipinski definition) is 2. The summed E-state index contributed by atoms with van der Waals surface area (Å²) < 4.78 is 0. The minimum Gasteiger partial charge on any atom is -0.289 e. The van der Waals surface area contributed by atoms with E-state index < -0.39 is 15.6 Å². The van der Waals surface area contributed by atoms with Crippen LogP contribution in [0.4, 0.5) is 11.4 Å². The highest BCUT2D eigenvalue weighted by molar-refractivity contribution is 7.80. The molecule has 0 bridgehead atoms. The Morgan fingerprint density at radius 1 is 0.818 bits per heavy atom. The van der Waals surface area contributed by atoms with Crippen molar-refractivity contribution in [3.05, 3.63) is 67.8 Å². The SMILES string of the molecule is O=C(c1ccc(S)c([N+](=O)[O-])c1)c1ccc(S)c([N+](=O)[O-])c1. The van der Waals surface area contributed by atoms with Gasteiger partial charge in [-0.1, -0.05) is 0 Å². The third-order valence-corrected chi connectivity index (χ3v) is 3.62. The number of benzene rings is 2. The molecule has 0 saturated heterocycles. The van der Waals surface area contributed by atoms with Crippen molar-refractivity contribution in [2.24, 2.45) is 0 Å². The van der Waals surface area contributed by atoms with Crippen LogP contribution in [-0.2, 0) is 0 Å². The number of carbonyl (C=O) groups is 1. The highest BCUT2D eigenvalue weighted by Crippen LogP contribution is 2.27. The summed E-state index contributed by atoms with van der Waals surface area (Å²) in [6, 6.07) is 7.58. The summed E-state index contributed by atoms with van der Waals surface area (Å²) in [5, 5.41) is 21.7. The summed E-state index contributed by atoms with van der Waals surface area (Å²) in [5.74, 6) is -0.562. The lowest BCUT2D eigenvalue weighted by atomic mass is 10.0. The van der Waals surface area contributed by atoms with Crippen molar-refractivity contribution in [1.29, 1.82) is 0 Å². The Morgan fingerprint density at radius 3 is 1.50 bits per heavy atom. The second kappa shape index (κ2) is 6.16. The van der Waals surface area contributed by atoms with Gasteiger partial charge in [0.25, 0.3) is 11.4 Å². The minimum atomic E-state index is -0.654. The van der Waals surface area contributed by atoms with E-state index in [1.807, 2.05) is 0 Å². The first-order valence-electron chi connectivity index (χ1n) is 5.80. The Kier molecular flexibility index (Phi) is 4.48. The number of rotatable bonds is 4. The monoisotopic (exact) mass is 336 g/mol. The van der Waals surface area contributed by atoms with Crippen LogP contribution in [0, 0.1) is 20.2 Å². The number of nitro benzene ring substituents is 2. The van der Waals surface area contributed by atoms with Gasteiger partial charge in [-0.2, -0.15) is 0 Å². The molecule has 2 rings (SSSR count). The molecule has 112 valence electrons. The van der Waals surface area contributed by atoms with Gasteiger partial charge in [-0.05, 0) is 24.3 Å². The number of hydrogen-bond acceptors (Lipinski definition) is 7. The predicted molar refractivity (Wildman–Crippen MR) is 84.1 cm³/mol. The van der Waals surface area contributed by atoms with Gasteiger partial charge in [0, 0.05) is 23.3 Å². The first-order chi connectivity index (χ1) is 10.3. The van der Waals surface area contributed by atoms with E-state index in [1.165, 1.54) is 24.3 Å². The van der Waals surface area contributed by atoms with Gasteiger partial charge in [0.1, 0.15) is 0 Å². The van der Waals surface area contributed by atoms with Gasteiger partial charge in [0.2, 0.25) is 0 Å². The fourth-order valence-electron chi connectivity index (χ4n) is 1.79. The zero-order valence-electron chi connectivity index (χ0n) is 10.8. The van der Waals surface area contributed by atoms with E-state index >= 15 is 0 Å². The quantitative estimate of drug-likeness (QED) is 0.386. The van der Waals surface area contributed by atoms with Gasteiger partial charge < -0.3 is 0 Å². The Hall–Kier alpha value is -2.39. The fourth-order valence-corrected chi connectivity index (χ4v) is 2.23. The zero-order valence-corrected chi connectivity index (χ0v) is 12.6. The van der Waals surface area contributed by atoms with Gasteiger partial charge in [-0.3, -0.25) is 25.0 Å². The van der Waals surface area contributed by atoms with Crippen LogP contribution in [0.3, 0.4) is 0 Å². The molecule has 22 heavy (non-hydrogen) atoms. The first kappa shape index (κ1) is 16.0. The van der Waals surface area contributed by atoms with E-state index in [-0.39, 0.29) is 32.3 Å². The van der Waals surface area contributed by atoms with Crippen molar-refractivity contribution in [3.8, 4) is 0 Å². The van der Waals surface area contributed by atoms with Gasteiger partial charge >= 0.3 is 0 Å². The topological polar surface area (TPSA) is 103 Å². The van der Waals surface area contributed by atoms with Crippen LogP contribution in [-0.4, -0.2) is 15.6 Å². The molecule has 0 aliphatic carbocycles. The standard InChI is InChI=1S/C13H8N2O5S2/c16-13(7-1-3-11(21)9(5-7)14(17)18)8-2-4-12(22)10(6-8)15(19)20/h1-6,21-22H. The molecule has 0 aromatic heterocycles. The van der Waals surface area contributed by atoms with Crippen LogP contribution in [0.2, 0.25) is 0 Å². The Bertz CT molecular complexity index is 742. The Morgan fingerprint density at radius 2 is 1.18 bits per heavy atom. The molecule has 0 spiro atoms. The predicted octanol–water partition coefficient (Wildman–Crippen LogP) is 3.31. The van der Waals surface area contributed by atoms with Crippen molar-refractivity contribution in [1.82, 2.24) is 0 Å². The van der Waals surface area contributed by atoms with Gasteiger partial charge in [-0.15, -0.1) is 25.3 Å². The smallest absolute Gasteiger partial charge is 0.283 e. The highest BCUT2D eigenvalue weighted by Gasteiger charge is 2.19. The average Bonchev–Trinajstić information content (AvgIpc) is 2.47. The molecule has 0 unspecified atom stereocenters. The normalized spacial score (nSPS) is 10.3. The molecule has 2 aromatic rings. The molecule has 9 heteroatoms. The molecule has 0 aliphatic rings. The van der Waals surface area contributed by atoms with Gasteiger partial charge in [0.15, 0.2) is 5.78 Å². The lowest BCUT2D eigenvalue weighted by Gasteiger charge is -2.04. The summed E-state index contributed by atoms with van der Waals surface area (Å²) in [4.78, 5) is 33.0. The van der Waals surface area contributed by atoms with E-state index in [4.69, 9.17) is 0 Å². The maximum Gasteiger partial charge on any atom is 0.283 e. The van der Waals surface area contributed by atoms with E-state index in [0.717, 1.165) is 12.1 Å².